The number of hydrogen-bond donors (Lipinski definition) is 1. The molecule has 0 radical (unpaired) electrons. The third kappa shape index (κ3) is 3.01. The molecule has 0 saturated heterocycles. The van der Waals surface area contributed by atoms with Crippen molar-refractivity contribution in [3.05, 3.63) is 59.5 Å². The highest BCUT2D eigenvalue weighted by molar-refractivity contribution is 6.03. The molecule has 0 fully saturated rings. The lowest BCUT2D eigenvalue weighted by Crippen LogP contribution is -2.17. The monoisotopic (exact) mass is 320 g/mol. The van der Waals surface area contributed by atoms with E-state index in [2.05, 4.69) is 15.4 Å². The normalized spacial score (nSPS) is 11.7. The molecule has 0 aliphatic rings. The van der Waals surface area contributed by atoms with Crippen LogP contribution in [0.1, 0.15) is 21.7 Å². The predicted molar refractivity (Wildman–Crippen MR) is 77.1 cm³/mol. The largest absolute Gasteiger partial charge is 0.416 e. The Bertz CT molecular complexity index is 869. The summed E-state index contributed by atoms with van der Waals surface area (Å²) in [6, 6.07) is 7.43. The molecule has 3 aromatic rings. The molecular weight excluding hydrogens is 309 g/mol. The van der Waals surface area contributed by atoms with Crippen LogP contribution < -0.4 is 5.32 Å². The molecule has 8 heteroatoms. The lowest BCUT2D eigenvalue weighted by molar-refractivity contribution is -0.137. The molecule has 1 N–H and O–H groups in total. The fourth-order valence-corrected chi connectivity index (χ4v) is 2.12. The maximum absolute atomic E-state index is 12.5. The zero-order valence-corrected chi connectivity index (χ0v) is 11.9. The van der Waals surface area contributed by atoms with Crippen molar-refractivity contribution in [2.45, 2.75) is 13.1 Å². The fraction of sp³-hybridized carbons (Fsp3) is 0.133. The maximum atomic E-state index is 12.5. The molecule has 1 amide bonds. The molecule has 118 valence electrons. The van der Waals surface area contributed by atoms with Gasteiger partial charge < -0.3 is 5.32 Å². The van der Waals surface area contributed by atoms with Crippen LogP contribution in [0.5, 0.6) is 0 Å². The van der Waals surface area contributed by atoms with Gasteiger partial charge >= 0.3 is 6.18 Å². The van der Waals surface area contributed by atoms with E-state index in [0.717, 1.165) is 12.1 Å². The van der Waals surface area contributed by atoms with Crippen molar-refractivity contribution in [3.63, 3.8) is 0 Å². The highest BCUT2D eigenvalue weighted by Crippen LogP contribution is 2.29. The van der Waals surface area contributed by atoms with Crippen molar-refractivity contribution >= 4 is 17.2 Å². The Morgan fingerprint density at radius 2 is 1.87 bits per heavy atom. The third-order valence-electron chi connectivity index (χ3n) is 3.18. The Labute approximate surface area is 128 Å². The zero-order chi connectivity index (χ0) is 16.6. The van der Waals surface area contributed by atoms with Gasteiger partial charge in [-0.3, -0.25) is 4.79 Å². The molecule has 0 aliphatic carbocycles. The van der Waals surface area contributed by atoms with Gasteiger partial charge in [-0.25, -0.2) is 9.50 Å². The van der Waals surface area contributed by atoms with Crippen LogP contribution in [0, 0.1) is 6.92 Å². The Balaban J connectivity index is 1.86. The number of rotatable bonds is 2. The molecule has 0 unspecified atom stereocenters. The molecule has 2 heterocycles. The molecule has 1 aromatic carbocycles. The highest BCUT2D eigenvalue weighted by Gasteiger charge is 2.30. The second-order valence-corrected chi connectivity index (χ2v) is 4.92. The minimum absolute atomic E-state index is 0.239. The van der Waals surface area contributed by atoms with Gasteiger partial charge in [0.2, 0.25) is 0 Å². The van der Waals surface area contributed by atoms with E-state index in [9.17, 15) is 18.0 Å². The lowest BCUT2D eigenvalue weighted by Gasteiger charge is -2.09. The van der Waals surface area contributed by atoms with Gasteiger partial charge in [-0.15, -0.1) is 0 Å². The van der Waals surface area contributed by atoms with E-state index in [4.69, 9.17) is 0 Å². The number of aromatic nitrogens is 3. The summed E-state index contributed by atoms with van der Waals surface area (Å²) in [4.78, 5) is 16.4. The van der Waals surface area contributed by atoms with Crippen LogP contribution in [-0.4, -0.2) is 20.5 Å². The standard InChI is InChI=1S/C15H11F3N4O/c1-9-8-13-19-7-6-12(22(13)21-9)14(23)20-11-4-2-10(3-5-11)15(16,17)18/h2-8H,1H3,(H,20,23). The summed E-state index contributed by atoms with van der Waals surface area (Å²) in [5, 5.41) is 6.71. The van der Waals surface area contributed by atoms with Crippen molar-refractivity contribution in [2.24, 2.45) is 0 Å². The number of nitrogens with one attached hydrogen (secondary N) is 1. The van der Waals surface area contributed by atoms with Crippen LogP contribution in [0.2, 0.25) is 0 Å². The second kappa shape index (κ2) is 5.38. The van der Waals surface area contributed by atoms with Crippen LogP contribution >= 0.6 is 0 Å². The van der Waals surface area contributed by atoms with E-state index in [0.29, 0.717) is 11.3 Å². The second-order valence-electron chi connectivity index (χ2n) is 4.92. The summed E-state index contributed by atoms with van der Waals surface area (Å²) in [6.45, 7) is 1.77. The van der Waals surface area contributed by atoms with E-state index in [1.807, 2.05) is 0 Å². The van der Waals surface area contributed by atoms with Gasteiger partial charge in [-0.05, 0) is 37.3 Å². The number of anilines is 1. The number of aryl methyl sites for hydroxylation is 1. The average Bonchev–Trinajstić information content (AvgIpc) is 2.86. The van der Waals surface area contributed by atoms with Gasteiger partial charge in [-0.2, -0.15) is 18.3 Å². The van der Waals surface area contributed by atoms with E-state index >= 15 is 0 Å². The Morgan fingerprint density at radius 3 is 2.52 bits per heavy atom. The van der Waals surface area contributed by atoms with Gasteiger partial charge in [-0.1, -0.05) is 0 Å². The van der Waals surface area contributed by atoms with Gasteiger partial charge in [0.25, 0.3) is 5.91 Å². The van der Waals surface area contributed by atoms with Crippen molar-refractivity contribution < 1.29 is 18.0 Å². The van der Waals surface area contributed by atoms with E-state index in [1.54, 1.807) is 13.0 Å². The van der Waals surface area contributed by atoms with E-state index < -0.39 is 17.6 Å². The Kier molecular flexibility index (Phi) is 3.51. The van der Waals surface area contributed by atoms with Crippen molar-refractivity contribution in [2.75, 3.05) is 5.32 Å². The van der Waals surface area contributed by atoms with Gasteiger partial charge in [0.1, 0.15) is 5.69 Å². The zero-order valence-electron chi connectivity index (χ0n) is 11.9. The lowest BCUT2D eigenvalue weighted by atomic mass is 10.2. The van der Waals surface area contributed by atoms with Crippen LogP contribution in [-0.2, 0) is 6.18 Å². The highest BCUT2D eigenvalue weighted by atomic mass is 19.4. The number of halogens is 3. The summed E-state index contributed by atoms with van der Waals surface area (Å²) in [6.07, 6.45) is -2.94. The van der Waals surface area contributed by atoms with Crippen LogP contribution in [0.25, 0.3) is 5.65 Å². The number of carbonyl (C=O) groups excluding carboxylic acids is 1. The number of nitrogens with zero attached hydrogens (tertiary/aromatic N) is 3. The first kappa shape index (κ1) is 15.0. The number of carbonyl (C=O) groups is 1. The molecule has 0 bridgehead atoms. The molecule has 0 atom stereocenters. The number of alkyl halides is 3. The molecule has 5 nitrogen and oxygen atoms in total. The topological polar surface area (TPSA) is 59.3 Å². The number of amides is 1. The van der Waals surface area contributed by atoms with E-state index in [-0.39, 0.29) is 11.4 Å². The van der Waals surface area contributed by atoms with Crippen LogP contribution in [0.4, 0.5) is 18.9 Å². The number of benzene rings is 1. The molecule has 0 spiro atoms. The third-order valence-corrected chi connectivity index (χ3v) is 3.18. The Hall–Kier alpha value is -2.90. The van der Waals surface area contributed by atoms with Crippen molar-refractivity contribution in [1.82, 2.24) is 14.6 Å². The summed E-state index contributed by atoms with van der Waals surface area (Å²) in [5.41, 5.74) is 0.944. The van der Waals surface area contributed by atoms with Crippen molar-refractivity contribution in [3.8, 4) is 0 Å². The molecule has 0 saturated carbocycles. The van der Waals surface area contributed by atoms with Gasteiger partial charge in [0.05, 0.1) is 11.3 Å². The molecular formula is C15H11F3N4O. The van der Waals surface area contributed by atoms with E-state index in [1.165, 1.54) is 28.9 Å². The Morgan fingerprint density at radius 1 is 1.17 bits per heavy atom. The quantitative estimate of drug-likeness (QED) is 0.788. The van der Waals surface area contributed by atoms with Crippen LogP contribution in [0.15, 0.2) is 42.6 Å². The first-order valence-corrected chi connectivity index (χ1v) is 6.64. The summed E-state index contributed by atoms with van der Waals surface area (Å²) in [7, 11) is 0. The maximum Gasteiger partial charge on any atom is 0.416 e. The number of fused-ring (bicyclic) bond motifs is 1. The number of hydrogen-bond acceptors (Lipinski definition) is 3. The fourth-order valence-electron chi connectivity index (χ4n) is 2.12. The van der Waals surface area contributed by atoms with Crippen LogP contribution in [0.3, 0.4) is 0 Å². The summed E-state index contributed by atoms with van der Waals surface area (Å²) < 4.78 is 38.9. The first-order valence-electron chi connectivity index (χ1n) is 6.64. The molecule has 2 aromatic heterocycles. The minimum Gasteiger partial charge on any atom is -0.321 e. The summed E-state index contributed by atoms with van der Waals surface area (Å²) in [5.74, 6) is -0.486. The van der Waals surface area contributed by atoms with Gasteiger partial charge in [0, 0.05) is 18.0 Å². The van der Waals surface area contributed by atoms with Gasteiger partial charge in [0.15, 0.2) is 5.65 Å². The molecule has 23 heavy (non-hydrogen) atoms. The predicted octanol–water partition coefficient (Wildman–Crippen LogP) is 3.31. The van der Waals surface area contributed by atoms with Crippen molar-refractivity contribution in [1.29, 1.82) is 0 Å². The smallest absolute Gasteiger partial charge is 0.321 e. The molecule has 3 rings (SSSR count). The summed E-state index contributed by atoms with van der Waals surface area (Å²) >= 11 is 0. The SMILES string of the molecule is Cc1cc2nccc(C(=O)Nc3ccc(C(F)(F)F)cc3)n2n1. The minimum atomic E-state index is -4.41. The molecule has 0 aliphatic heterocycles. The first-order chi connectivity index (χ1) is 10.8. The average molecular weight is 320 g/mol.